The molecule has 0 aliphatic carbocycles. The van der Waals surface area contributed by atoms with Crippen molar-refractivity contribution in [2.75, 3.05) is 6.61 Å². The Hall–Kier alpha value is -1.83. The normalized spacial score (nSPS) is 10.7. The average molecular weight is 443 g/mol. The van der Waals surface area contributed by atoms with E-state index < -0.39 is 0 Å². The van der Waals surface area contributed by atoms with Gasteiger partial charge in [0, 0.05) is 5.02 Å². The summed E-state index contributed by atoms with van der Waals surface area (Å²) in [7, 11) is 0. The second-order valence-corrected chi connectivity index (χ2v) is 6.64. The maximum atomic E-state index is 5.93. The van der Waals surface area contributed by atoms with Gasteiger partial charge in [-0.2, -0.15) is 5.10 Å². The van der Waals surface area contributed by atoms with Crippen LogP contribution in [0.2, 0.25) is 5.02 Å². The third-order valence-electron chi connectivity index (χ3n) is 3.02. The maximum Gasteiger partial charge on any atom is 0.184 e. The third kappa shape index (κ3) is 6.19. The van der Waals surface area contributed by atoms with E-state index in [1.807, 2.05) is 43.3 Å². The Morgan fingerprint density at radius 2 is 2.04 bits per heavy atom. The minimum absolute atomic E-state index is 0.100. The van der Waals surface area contributed by atoms with Gasteiger partial charge in [0.1, 0.15) is 6.61 Å². The summed E-state index contributed by atoms with van der Waals surface area (Å²) in [5, 5.41) is 4.73. The van der Waals surface area contributed by atoms with E-state index in [2.05, 4.69) is 26.5 Å². The summed E-state index contributed by atoms with van der Waals surface area (Å²) in [4.78, 5) is 0. The van der Waals surface area contributed by atoms with Gasteiger partial charge in [0.2, 0.25) is 0 Å². The molecule has 0 amide bonds. The number of thiocarbonyl (C=S) groups is 1. The molecular weight excluding hydrogens is 426 g/mol. The molecule has 2 rings (SSSR count). The van der Waals surface area contributed by atoms with Crippen LogP contribution in [-0.2, 0) is 6.61 Å². The molecule has 0 heterocycles. The van der Waals surface area contributed by atoms with E-state index in [1.54, 1.807) is 6.21 Å². The summed E-state index contributed by atoms with van der Waals surface area (Å²) in [6.45, 7) is 2.81. The molecule has 0 radical (unpaired) electrons. The smallest absolute Gasteiger partial charge is 0.184 e. The number of hydrogen-bond acceptors (Lipinski definition) is 4. The molecule has 132 valence electrons. The highest BCUT2D eigenvalue weighted by Gasteiger charge is 2.12. The number of hydrogen-bond donors (Lipinski definition) is 2. The van der Waals surface area contributed by atoms with E-state index in [1.165, 1.54) is 0 Å². The van der Waals surface area contributed by atoms with E-state index in [0.717, 1.165) is 15.6 Å². The summed E-state index contributed by atoms with van der Waals surface area (Å²) in [6, 6.07) is 11.2. The number of halogens is 2. The van der Waals surface area contributed by atoms with E-state index >= 15 is 0 Å². The quantitative estimate of drug-likeness (QED) is 0.381. The second kappa shape index (κ2) is 9.60. The van der Waals surface area contributed by atoms with Crippen LogP contribution in [0.15, 0.2) is 46.0 Å². The first-order valence-corrected chi connectivity index (χ1v) is 8.99. The van der Waals surface area contributed by atoms with Crippen LogP contribution < -0.4 is 20.6 Å². The number of rotatable bonds is 7. The van der Waals surface area contributed by atoms with Crippen molar-refractivity contribution >= 4 is 51.1 Å². The van der Waals surface area contributed by atoms with Gasteiger partial charge in [-0.15, -0.1) is 0 Å². The molecule has 0 aromatic heterocycles. The summed E-state index contributed by atoms with van der Waals surface area (Å²) in [6.07, 6.45) is 1.59. The molecule has 8 heteroatoms. The predicted octanol–water partition coefficient (Wildman–Crippen LogP) is 4.25. The van der Waals surface area contributed by atoms with Gasteiger partial charge >= 0.3 is 0 Å². The monoisotopic (exact) mass is 441 g/mol. The highest BCUT2D eigenvalue weighted by molar-refractivity contribution is 9.10. The highest BCUT2D eigenvalue weighted by Crippen LogP contribution is 2.37. The zero-order valence-electron chi connectivity index (χ0n) is 13.5. The van der Waals surface area contributed by atoms with Gasteiger partial charge < -0.3 is 15.2 Å². The van der Waals surface area contributed by atoms with Crippen molar-refractivity contribution in [2.45, 2.75) is 13.5 Å². The Bertz CT molecular complexity index is 769. The zero-order valence-corrected chi connectivity index (χ0v) is 16.6. The first kappa shape index (κ1) is 19.5. The zero-order chi connectivity index (χ0) is 18.2. The standard InChI is InChI=1S/C17H17BrClN3O2S/c1-2-23-15-8-12(9-21-22-17(20)25)7-14(18)16(15)24-10-11-3-5-13(19)6-4-11/h3-9H,2,10H2,1H3,(H3,20,22,25). The van der Waals surface area contributed by atoms with Crippen molar-refractivity contribution in [1.29, 1.82) is 0 Å². The molecule has 5 nitrogen and oxygen atoms in total. The lowest BCUT2D eigenvalue weighted by molar-refractivity contribution is 0.267. The number of ether oxygens (including phenoxy) is 2. The fourth-order valence-corrected chi connectivity index (χ4v) is 2.72. The first-order valence-electron chi connectivity index (χ1n) is 7.41. The summed E-state index contributed by atoms with van der Waals surface area (Å²) < 4.78 is 12.4. The van der Waals surface area contributed by atoms with E-state index in [4.69, 9.17) is 39.0 Å². The van der Waals surface area contributed by atoms with Crippen LogP contribution in [0, 0.1) is 0 Å². The van der Waals surface area contributed by atoms with E-state index in [9.17, 15) is 0 Å². The van der Waals surface area contributed by atoms with Crippen LogP contribution in [-0.4, -0.2) is 17.9 Å². The summed E-state index contributed by atoms with van der Waals surface area (Å²) >= 11 is 14.1. The first-order chi connectivity index (χ1) is 12.0. The van der Waals surface area contributed by atoms with Gasteiger partial charge in [-0.05, 0) is 70.5 Å². The molecule has 0 bridgehead atoms. The molecule has 0 saturated heterocycles. The molecule has 2 aromatic rings. The van der Waals surface area contributed by atoms with Gasteiger partial charge in [-0.1, -0.05) is 23.7 Å². The summed E-state index contributed by atoms with van der Waals surface area (Å²) in [5.74, 6) is 1.24. The third-order valence-corrected chi connectivity index (χ3v) is 3.95. The van der Waals surface area contributed by atoms with Gasteiger partial charge in [0.15, 0.2) is 16.6 Å². The lowest BCUT2D eigenvalue weighted by Gasteiger charge is -2.14. The van der Waals surface area contributed by atoms with Gasteiger partial charge in [-0.3, -0.25) is 5.43 Å². The van der Waals surface area contributed by atoms with E-state index in [-0.39, 0.29) is 5.11 Å². The highest BCUT2D eigenvalue weighted by atomic mass is 79.9. The van der Waals surface area contributed by atoms with Crippen LogP contribution in [0.3, 0.4) is 0 Å². The van der Waals surface area contributed by atoms with Crippen LogP contribution in [0.1, 0.15) is 18.1 Å². The number of hydrazone groups is 1. The predicted molar refractivity (Wildman–Crippen MR) is 109 cm³/mol. The Morgan fingerprint density at radius 3 is 2.68 bits per heavy atom. The van der Waals surface area contributed by atoms with Crippen molar-refractivity contribution < 1.29 is 9.47 Å². The minimum atomic E-state index is 0.100. The SMILES string of the molecule is CCOc1cc(C=NNC(N)=S)cc(Br)c1OCc1ccc(Cl)cc1. The van der Waals surface area contributed by atoms with Crippen LogP contribution in [0.25, 0.3) is 0 Å². The fraction of sp³-hybridized carbons (Fsp3) is 0.176. The summed E-state index contributed by atoms with van der Waals surface area (Å²) in [5.41, 5.74) is 9.66. The molecule has 3 N–H and O–H groups in total. The fourth-order valence-electron chi connectivity index (χ4n) is 1.97. The lowest BCUT2D eigenvalue weighted by Crippen LogP contribution is -2.23. The number of nitrogens with two attached hydrogens (primary N) is 1. The molecule has 0 atom stereocenters. The molecule has 0 saturated carbocycles. The largest absolute Gasteiger partial charge is 0.490 e. The lowest BCUT2D eigenvalue weighted by atomic mass is 10.2. The molecule has 2 aromatic carbocycles. The van der Waals surface area contributed by atoms with Crippen molar-refractivity contribution in [1.82, 2.24) is 5.43 Å². The van der Waals surface area contributed by atoms with Crippen LogP contribution in [0.4, 0.5) is 0 Å². The molecule has 0 unspecified atom stereocenters. The van der Waals surface area contributed by atoms with Gasteiger partial charge in [-0.25, -0.2) is 0 Å². The maximum absolute atomic E-state index is 5.93. The molecule has 25 heavy (non-hydrogen) atoms. The van der Waals surface area contributed by atoms with Crippen molar-refractivity contribution in [3.8, 4) is 11.5 Å². The van der Waals surface area contributed by atoms with Gasteiger partial charge in [0.05, 0.1) is 17.3 Å². The molecule has 0 aliphatic rings. The molecular formula is C17H17BrClN3O2S. The Balaban J connectivity index is 2.19. The number of benzene rings is 2. The van der Waals surface area contributed by atoms with Crippen molar-refractivity contribution in [2.24, 2.45) is 10.8 Å². The Morgan fingerprint density at radius 1 is 1.32 bits per heavy atom. The van der Waals surface area contributed by atoms with Crippen LogP contribution in [0.5, 0.6) is 11.5 Å². The van der Waals surface area contributed by atoms with E-state index in [0.29, 0.717) is 29.7 Å². The Kier molecular flexibility index (Phi) is 7.49. The molecule has 0 aliphatic heterocycles. The molecule has 0 spiro atoms. The minimum Gasteiger partial charge on any atom is -0.490 e. The van der Waals surface area contributed by atoms with Crippen molar-refractivity contribution in [3.63, 3.8) is 0 Å². The topological polar surface area (TPSA) is 68.9 Å². The average Bonchev–Trinajstić information content (AvgIpc) is 2.55. The Labute approximate surface area is 165 Å². The van der Waals surface area contributed by atoms with Crippen molar-refractivity contribution in [3.05, 3.63) is 57.0 Å². The number of nitrogens with one attached hydrogen (secondary N) is 1. The van der Waals surface area contributed by atoms with Gasteiger partial charge in [0.25, 0.3) is 0 Å². The molecule has 0 fully saturated rings. The second-order valence-electron chi connectivity index (χ2n) is 4.91. The van der Waals surface area contributed by atoms with Crippen LogP contribution >= 0.6 is 39.7 Å². The number of nitrogens with zero attached hydrogens (tertiary/aromatic N) is 1.